The molecule has 0 radical (unpaired) electrons. The maximum atomic E-state index is 11.3. The van der Waals surface area contributed by atoms with Gasteiger partial charge in [-0.15, -0.1) is 51.9 Å². The van der Waals surface area contributed by atoms with Crippen LogP contribution in [0.5, 0.6) is 0 Å². The highest BCUT2D eigenvalue weighted by molar-refractivity contribution is 7.98. The summed E-state index contributed by atoms with van der Waals surface area (Å²) in [6, 6.07) is 26.7. The molecule has 0 aliphatic rings. The van der Waals surface area contributed by atoms with E-state index >= 15 is 0 Å². The van der Waals surface area contributed by atoms with Gasteiger partial charge in [0.1, 0.15) is 22.2 Å². The number of nitrogens with two attached hydrogens (primary N) is 2. The molecule has 9 aromatic rings. The summed E-state index contributed by atoms with van der Waals surface area (Å²) in [5, 5.41) is 55.6. The third-order valence-corrected chi connectivity index (χ3v) is 12.8. The van der Waals surface area contributed by atoms with E-state index in [1.54, 1.807) is 84.1 Å². The lowest BCUT2D eigenvalue weighted by atomic mass is 10.3. The minimum atomic E-state index is -3.71. The van der Waals surface area contributed by atoms with E-state index in [0.29, 0.717) is 28.4 Å². The van der Waals surface area contributed by atoms with Crippen molar-refractivity contribution in [3.05, 3.63) is 159 Å². The predicted octanol–water partition coefficient (Wildman–Crippen LogP) is 3.81. The molecule has 31 heteroatoms. The monoisotopic (exact) mass is 1270 g/mol. The first-order chi connectivity index (χ1) is 36.0. The van der Waals surface area contributed by atoms with Crippen LogP contribution in [0, 0.1) is 30.3 Å². The number of nitrogens with zero attached hydrogens (tertiary/aromatic N) is 14. The van der Waals surface area contributed by atoms with Gasteiger partial charge in [0, 0.05) is 69.4 Å². The van der Waals surface area contributed by atoms with Crippen molar-refractivity contribution in [1.82, 2.24) is 48.3 Å². The van der Waals surface area contributed by atoms with Gasteiger partial charge in [-0.2, -0.15) is 5.10 Å². The Labute approximate surface area is 483 Å². The van der Waals surface area contributed by atoms with Gasteiger partial charge >= 0.3 is 17.1 Å². The topological polar surface area (TPSA) is 319 Å². The highest BCUT2D eigenvalue weighted by Gasteiger charge is 2.30. The molecule has 9 rings (SSSR count). The second kappa shape index (κ2) is 32.5. The zero-order valence-corrected chi connectivity index (χ0v) is 48.9. The average Bonchev–Trinajstić information content (AvgIpc) is 4.18. The molecule has 78 heavy (non-hydrogen) atoms. The molecule has 0 aliphatic heterocycles. The van der Waals surface area contributed by atoms with Crippen LogP contribution in [0.3, 0.4) is 0 Å². The number of halogens is 3. The summed E-state index contributed by atoms with van der Waals surface area (Å²) in [6.45, 7) is 15.9. The van der Waals surface area contributed by atoms with Crippen LogP contribution < -0.4 is 50.9 Å². The molecule has 0 saturated heterocycles. The van der Waals surface area contributed by atoms with Gasteiger partial charge in [-0.25, -0.2) is 32.3 Å². The molecule has 0 atom stereocenters. The second-order valence-corrected chi connectivity index (χ2v) is 18.6. The number of hydrogen-bond acceptors (Lipinski definition) is 19. The number of hydrogen-bond donors (Lipinski definition) is 4. The summed E-state index contributed by atoms with van der Waals surface area (Å²) in [7, 11) is -3.71. The zero-order chi connectivity index (χ0) is 54.7. The molecule has 0 fully saturated rings. The molecule has 9 heterocycles. The van der Waals surface area contributed by atoms with Gasteiger partial charge in [0.2, 0.25) is 15.7 Å². The molecule has 0 aromatic carbocycles. The quantitative estimate of drug-likeness (QED) is 0.0251. The molecule has 9 aromatic heterocycles. The van der Waals surface area contributed by atoms with E-state index < -0.39 is 30.4 Å². The predicted molar refractivity (Wildman–Crippen MR) is 304 cm³/mol. The van der Waals surface area contributed by atoms with Gasteiger partial charge in [0.05, 0.1) is 20.3 Å². The minimum absolute atomic E-state index is 0. The summed E-state index contributed by atoms with van der Waals surface area (Å²) in [6.07, 6.45) is 13.0. The molecular formula is C47H63Cl2IN18O8S2. The first kappa shape index (κ1) is 67.0. The standard InChI is InChI=1S/C13H19N5O2.C13H21N5.C8H7N3O4S.C8H7N3O2S.C5H7N2.2ClH.HI/c1-3-16(4-2)10-8-14-13-12(18(19)20)11-7-5-6-9-17(11)15-13;1-3-17(4-2)10-8-15-13-12(14)11-7-5-6-9-18(11)16-13;1-16(14,15)8-7(11(12)13)6-4-2-3-5-10(6)9-8;1-14-8-7(11(12)13)6-4-2-3-5-10(6)9-8;6-7-4-2-1-3-5-7;;;/h5-7,9H,3-4,8,10H2,1-2H3,(H,14,15);5-7,9H,3-4,8,10,14H2,1-2H3,(H,15,16);2-5H,1H3;2-5H,1H3;1-5H,6H2;3*1H/q;;;;+1;;;/p-1. The smallest absolute Gasteiger partial charge is 0.338 e. The molecule has 0 aliphatic carbocycles. The van der Waals surface area contributed by atoms with Crippen LogP contribution in [-0.4, -0.2) is 136 Å². The maximum absolute atomic E-state index is 11.3. The number of pyridine rings is 5. The number of rotatable bonds is 17. The van der Waals surface area contributed by atoms with E-state index in [1.807, 2.05) is 42.6 Å². The number of thioether (sulfide) groups is 1. The van der Waals surface area contributed by atoms with Crippen molar-refractivity contribution >= 4 is 103 Å². The van der Waals surface area contributed by atoms with Crippen molar-refractivity contribution in [2.45, 2.75) is 37.7 Å². The van der Waals surface area contributed by atoms with E-state index in [1.165, 1.54) is 42.2 Å². The van der Waals surface area contributed by atoms with Gasteiger partial charge in [-0.05, 0) is 81.0 Å². The number of anilines is 3. The van der Waals surface area contributed by atoms with Gasteiger partial charge in [-0.1, -0.05) is 62.7 Å². The van der Waals surface area contributed by atoms with Crippen LogP contribution >= 0.6 is 36.6 Å². The fraction of sp³-hybridized carbons (Fsp3) is 0.298. The van der Waals surface area contributed by atoms with Gasteiger partial charge < -0.3 is 50.1 Å². The van der Waals surface area contributed by atoms with E-state index in [4.69, 9.17) is 11.6 Å². The molecule has 0 saturated carbocycles. The third kappa shape index (κ3) is 18.0. The van der Waals surface area contributed by atoms with Crippen LogP contribution in [-0.2, 0) is 9.84 Å². The Morgan fingerprint density at radius 3 is 1.37 bits per heavy atom. The number of aromatic nitrogens is 9. The van der Waals surface area contributed by atoms with Crippen molar-refractivity contribution in [1.29, 1.82) is 0 Å². The average molecular weight is 1270 g/mol. The van der Waals surface area contributed by atoms with E-state index in [2.05, 4.69) is 68.5 Å². The molecular weight excluding hydrogens is 1210 g/mol. The van der Waals surface area contributed by atoms with Crippen molar-refractivity contribution < 1.29 is 51.8 Å². The van der Waals surface area contributed by atoms with E-state index in [0.717, 1.165) is 69.1 Å². The lowest BCUT2D eigenvalue weighted by molar-refractivity contribution is -0.638. The second-order valence-electron chi connectivity index (χ2n) is 15.9. The van der Waals surface area contributed by atoms with Gasteiger partial charge in [0.15, 0.2) is 23.2 Å². The Bertz CT molecular complexity index is 3430. The van der Waals surface area contributed by atoms with Crippen molar-refractivity contribution in [3.8, 4) is 0 Å². The number of nitrogens with one attached hydrogen (secondary N) is 2. The molecule has 0 spiro atoms. The Kier molecular flexibility index (Phi) is 27.9. The zero-order valence-electron chi connectivity index (χ0n) is 43.5. The van der Waals surface area contributed by atoms with Gasteiger partial charge in [-0.3, -0.25) is 30.3 Å². The third-order valence-electron chi connectivity index (χ3n) is 11.1. The Hall–Kier alpha value is -7.16. The molecule has 422 valence electrons. The van der Waals surface area contributed by atoms with Crippen molar-refractivity contribution in [3.63, 3.8) is 0 Å². The van der Waals surface area contributed by atoms with E-state index in [-0.39, 0.29) is 70.6 Å². The number of sulfone groups is 1. The Morgan fingerprint density at radius 2 is 0.974 bits per heavy atom. The minimum Gasteiger partial charge on any atom is -1.00 e. The molecule has 26 nitrogen and oxygen atoms in total. The first-order valence-electron chi connectivity index (χ1n) is 23.4. The first-order valence-corrected chi connectivity index (χ1v) is 26.5. The number of likely N-dealkylation sites (N-methyl/N-ethyl adjacent to an activating group) is 2. The maximum Gasteiger partial charge on any atom is 0.338 e. The van der Waals surface area contributed by atoms with Crippen LogP contribution in [0.1, 0.15) is 27.7 Å². The largest absolute Gasteiger partial charge is 1.00 e. The summed E-state index contributed by atoms with van der Waals surface area (Å²) < 4.78 is 30.2. The summed E-state index contributed by atoms with van der Waals surface area (Å²) in [4.78, 5) is 35.9. The fourth-order valence-corrected chi connectivity index (χ4v) is 8.56. The summed E-state index contributed by atoms with van der Waals surface area (Å²) in [5.41, 5.74) is 8.55. The molecule has 6 N–H and O–H groups in total. The fourth-order valence-electron chi connectivity index (χ4n) is 7.25. The normalized spacial score (nSPS) is 10.6. The lowest BCUT2D eigenvalue weighted by Gasteiger charge is -2.17. The number of nitro groups is 3. The SMILES string of the molecule is CCN(CC)CCNc1nn2ccccc2c1N.CCN(CC)CCNc1nn2ccccc2c1[N+](=O)[O-].CS(=O)(=O)c1nn2ccccc2c1[N+](=O)[O-].CSc1nn2ccccc2c1[N+](=O)[O-].Cl.Cl.N[n+]1ccccc1.[I-]. The Morgan fingerprint density at radius 1 is 0.590 bits per heavy atom. The van der Waals surface area contributed by atoms with Crippen LogP contribution in [0.15, 0.2) is 138 Å². The van der Waals surface area contributed by atoms with Crippen molar-refractivity contribution in [2.75, 3.05) is 87.1 Å². The van der Waals surface area contributed by atoms with Crippen LogP contribution in [0.4, 0.5) is 34.4 Å². The van der Waals surface area contributed by atoms with Crippen LogP contribution in [0.25, 0.3) is 22.1 Å². The highest BCUT2D eigenvalue weighted by atomic mass is 127. The highest BCUT2D eigenvalue weighted by Crippen LogP contribution is 2.31. The van der Waals surface area contributed by atoms with Crippen molar-refractivity contribution in [2.24, 2.45) is 0 Å². The summed E-state index contributed by atoms with van der Waals surface area (Å²) >= 11 is 1.28. The molecule has 0 bridgehead atoms. The number of fused-ring (bicyclic) bond motifs is 4. The number of nitrogen functional groups attached to an aromatic ring is 2. The summed E-state index contributed by atoms with van der Waals surface area (Å²) in [5.74, 6) is 6.37. The molecule has 0 amide bonds. The van der Waals surface area contributed by atoms with E-state index in [9.17, 15) is 38.8 Å². The van der Waals surface area contributed by atoms with Gasteiger partial charge in [0.25, 0.3) is 5.03 Å². The Balaban J connectivity index is 0.000000339. The van der Waals surface area contributed by atoms with Crippen LogP contribution in [0.2, 0.25) is 0 Å². The molecule has 0 unspecified atom stereocenters. The lowest BCUT2D eigenvalue weighted by Crippen LogP contribution is -3.00.